The molecule has 0 radical (unpaired) electrons. The Morgan fingerprint density at radius 2 is 1.62 bits per heavy atom. The van der Waals surface area contributed by atoms with Gasteiger partial charge in [-0.2, -0.15) is 0 Å². The molecule has 0 saturated carbocycles. The van der Waals surface area contributed by atoms with E-state index in [0.717, 1.165) is 59.1 Å². The Balaban J connectivity index is 1.32. The number of H-pyrrole nitrogens is 2. The monoisotopic (exact) mass is 518 g/mol. The molecular formula is C34H36N3O2+. The van der Waals surface area contributed by atoms with Crippen LogP contribution >= 0.6 is 0 Å². The highest BCUT2D eigenvalue weighted by atomic mass is 16.1. The first kappa shape index (κ1) is 26.4. The molecule has 0 saturated heterocycles. The van der Waals surface area contributed by atoms with Gasteiger partial charge in [0.25, 0.3) is 5.82 Å². The van der Waals surface area contributed by atoms with E-state index in [0.29, 0.717) is 25.0 Å². The lowest BCUT2D eigenvalue weighted by atomic mass is 10.0. The topological polar surface area (TPSA) is 76.1 Å². The number of nitrogens with one attached hydrogen (secondary N) is 3. The maximum atomic E-state index is 13.3. The van der Waals surface area contributed by atoms with Crippen LogP contribution in [0.15, 0.2) is 91.1 Å². The first-order chi connectivity index (χ1) is 19.1. The van der Waals surface area contributed by atoms with Crippen molar-refractivity contribution in [2.24, 2.45) is 0 Å². The van der Waals surface area contributed by atoms with Crippen molar-refractivity contribution >= 4 is 33.2 Å². The summed E-state index contributed by atoms with van der Waals surface area (Å²) in [5.41, 5.74) is 3.10. The van der Waals surface area contributed by atoms with E-state index < -0.39 is 0 Å². The van der Waals surface area contributed by atoms with Crippen LogP contribution in [0.25, 0.3) is 32.8 Å². The molecule has 39 heavy (non-hydrogen) atoms. The van der Waals surface area contributed by atoms with Gasteiger partial charge in [0.05, 0.1) is 6.42 Å². The second kappa shape index (κ2) is 12.5. The summed E-state index contributed by atoms with van der Waals surface area (Å²) in [6.07, 6.45) is 7.09. The molecule has 3 N–H and O–H groups in total. The third kappa shape index (κ3) is 6.61. The summed E-state index contributed by atoms with van der Waals surface area (Å²) in [5, 5.41) is 7.92. The summed E-state index contributed by atoms with van der Waals surface area (Å²) >= 11 is 0. The van der Waals surface area contributed by atoms with Gasteiger partial charge in [0, 0.05) is 18.4 Å². The molecule has 4 aromatic carbocycles. The molecule has 0 bridgehead atoms. The summed E-state index contributed by atoms with van der Waals surface area (Å²) in [7, 11) is 0. The van der Waals surface area contributed by atoms with Crippen molar-refractivity contribution in [3.8, 4) is 11.3 Å². The second-order valence-electron chi connectivity index (χ2n) is 10.2. The van der Waals surface area contributed by atoms with Crippen molar-refractivity contribution in [2.75, 3.05) is 0 Å². The number of hydrogen-bond donors (Lipinski definition) is 2. The number of aromatic nitrogens is 2. The highest BCUT2D eigenvalue weighted by molar-refractivity contribution is 5.90. The number of ketones is 1. The largest absolute Gasteiger partial charge is 0.342 e. The zero-order valence-corrected chi connectivity index (χ0v) is 22.5. The highest BCUT2D eigenvalue weighted by Crippen LogP contribution is 2.25. The first-order valence-corrected chi connectivity index (χ1v) is 14.0. The number of fused-ring (bicyclic) bond motifs is 2. The van der Waals surface area contributed by atoms with Gasteiger partial charge in [0.1, 0.15) is 18.0 Å². The quantitative estimate of drug-likeness (QED) is 0.172. The smallest absolute Gasteiger partial charge is 0.275 e. The summed E-state index contributed by atoms with van der Waals surface area (Å²) in [6, 6.07) is 28.9. The van der Waals surface area contributed by atoms with E-state index in [4.69, 9.17) is 0 Å². The molecule has 0 fully saturated rings. The minimum absolute atomic E-state index is 0.00670. The van der Waals surface area contributed by atoms with Crippen LogP contribution in [0.2, 0.25) is 0 Å². The van der Waals surface area contributed by atoms with E-state index in [-0.39, 0.29) is 11.9 Å². The predicted molar refractivity (Wildman–Crippen MR) is 157 cm³/mol. The molecule has 198 valence electrons. The lowest BCUT2D eigenvalue weighted by molar-refractivity contribution is -0.391. The Morgan fingerprint density at radius 3 is 2.46 bits per heavy atom. The Labute approximate surface area is 229 Å². The van der Waals surface area contributed by atoms with Crippen LogP contribution < -0.4 is 10.3 Å². The number of carbonyl (C=O) groups is 2. The minimum atomic E-state index is -0.177. The fourth-order valence-corrected chi connectivity index (χ4v) is 5.25. The third-order valence-corrected chi connectivity index (χ3v) is 7.46. The number of amides is 1. The number of imidazole rings is 1. The number of carbonyl (C=O) groups excluding carboxylic acids is 2. The summed E-state index contributed by atoms with van der Waals surface area (Å²) in [4.78, 5) is 31.9. The summed E-state index contributed by atoms with van der Waals surface area (Å²) in [5.74, 6) is 1.19. The van der Waals surface area contributed by atoms with Crippen LogP contribution in [-0.2, 0) is 16.0 Å². The standard InChI is InChI=1S/C34H35N3O2/c1-2-29(38)16-4-3-5-18-31(36-33(39)22-27-15-10-14-25-12-8-9-17-30(25)27)34-35-23-32(37-34)28-20-19-24-11-6-7-13-26(24)21-28/h6-15,17,19-21,23,31H,2-5,16,18,22H2,1H3,(H,35,37)(H,36,39)/p+1/t31-/m0/s1. The normalized spacial score (nSPS) is 12.0. The molecule has 5 nitrogen and oxygen atoms in total. The molecule has 5 aromatic rings. The number of Topliss-reactive ketones (excluding diaryl/α,β-unsaturated/α-hetero) is 1. The molecule has 1 amide bonds. The van der Waals surface area contributed by atoms with E-state index in [1.54, 1.807) is 0 Å². The van der Waals surface area contributed by atoms with E-state index in [2.05, 4.69) is 63.8 Å². The number of rotatable bonds is 12. The maximum absolute atomic E-state index is 13.3. The first-order valence-electron chi connectivity index (χ1n) is 14.0. The van der Waals surface area contributed by atoms with Gasteiger partial charge in [0.2, 0.25) is 5.91 Å². The van der Waals surface area contributed by atoms with Gasteiger partial charge in [-0.15, -0.1) is 0 Å². The molecule has 0 aliphatic heterocycles. The number of aromatic amines is 2. The van der Waals surface area contributed by atoms with Gasteiger partial charge in [-0.05, 0) is 52.1 Å². The van der Waals surface area contributed by atoms with E-state index in [9.17, 15) is 9.59 Å². The lowest BCUT2D eigenvalue weighted by Crippen LogP contribution is -2.33. The van der Waals surface area contributed by atoms with Crippen LogP contribution in [0.3, 0.4) is 0 Å². The molecule has 5 rings (SSSR count). The molecule has 1 aromatic heterocycles. The molecule has 0 aliphatic carbocycles. The van der Waals surface area contributed by atoms with Crippen LogP contribution in [0, 0.1) is 0 Å². The van der Waals surface area contributed by atoms with Crippen molar-refractivity contribution in [1.82, 2.24) is 10.3 Å². The third-order valence-electron chi connectivity index (χ3n) is 7.46. The fourth-order valence-electron chi connectivity index (χ4n) is 5.25. The van der Waals surface area contributed by atoms with Crippen LogP contribution in [0.5, 0.6) is 0 Å². The molecule has 0 spiro atoms. The van der Waals surface area contributed by atoms with E-state index in [1.165, 1.54) is 10.8 Å². The Kier molecular flexibility index (Phi) is 8.47. The molecular weight excluding hydrogens is 482 g/mol. The SMILES string of the molecule is CCC(=O)CCCCC[C@H](NC(=O)Cc1cccc2ccccc12)c1[nH]c(-c2ccc3ccccc3c2)c[nH+]1. The van der Waals surface area contributed by atoms with Crippen LogP contribution in [0.1, 0.15) is 62.9 Å². The van der Waals surface area contributed by atoms with Crippen LogP contribution in [-0.4, -0.2) is 16.7 Å². The van der Waals surface area contributed by atoms with Crippen molar-refractivity contribution in [2.45, 2.75) is 57.9 Å². The van der Waals surface area contributed by atoms with Crippen molar-refractivity contribution in [3.05, 3.63) is 103 Å². The minimum Gasteiger partial charge on any atom is -0.342 e. The molecule has 0 unspecified atom stereocenters. The Bertz CT molecular complexity index is 1580. The van der Waals surface area contributed by atoms with Gasteiger partial charge >= 0.3 is 0 Å². The highest BCUT2D eigenvalue weighted by Gasteiger charge is 2.23. The Morgan fingerprint density at radius 1 is 0.846 bits per heavy atom. The van der Waals surface area contributed by atoms with Gasteiger partial charge in [-0.1, -0.05) is 92.6 Å². The molecule has 5 heteroatoms. The number of benzene rings is 4. The summed E-state index contributed by atoms with van der Waals surface area (Å²) in [6.45, 7) is 1.91. The molecule has 1 atom stereocenters. The van der Waals surface area contributed by atoms with Gasteiger partial charge in [0.15, 0.2) is 5.69 Å². The predicted octanol–water partition coefficient (Wildman–Crippen LogP) is 7.13. The summed E-state index contributed by atoms with van der Waals surface area (Å²) < 4.78 is 0. The molecule has 0 aliphatic rings. The van der Waals surface area contributed by atoms with Gasteiger partial charge < -0.3 is 5.32 Å². The average molecular weight is 519 g/mol. The number of hydrogen-bond acceptors (Lipinski definition) is 2. The average Bonchev–Trinajstić information content (AvgIpc) is 3.46. The zero-order chi connectivity index (χ0) is 27.0. The van der Waals surface area contributed by atoms with Crippen molar-refractivity contribution in [1.29, 1.82) is 0 Å². The lowest BCUT2D eigenvalue weighted by Gasteiger charge is -2.15. The van der Waals surface area contributed by atoms with Crippen LogP contribution in [0.4, 0.5) is 0 Å². The van der Waals surface area contributed by atoms with Gasteiger partial charge in [-0.25, -0.2) is 9.97 Å². The van der Waals surface area contributed by atoms with Crippen molar-refractivity contribution in [3.63, 3.8) is 0 Å². The second-order valence-corrected chi connectivity index (χ2v) is 10.2. The van der Waals surface area contributed by atoms with E-state index >= 15 is 0 Å². The molecule has 1 heterocycles. The van der Waals surface area contributed by atoms with Gasteiger partial charge in [-0.3, -0.25) is 9.59 Å². The Hall–Kier alpha value is -4.25. The van der Waals surface area contributed by atoms with Crippen molar-refractivity contribution < 1.29 is 14.6 Å². The number of unbranched alkanes of at least 4 members (excludes halogenated alkanes) is 2. The fraction of sp³-hybridized carbons (Fsp3) is 0.265. The van der Waals surface area contributed by atoms with E-state index in [1.807, 2.05) is 49.5 Å². The zero-order valence-electron chi connectivity index (χ0n) is 22.5. The maximum Gasteiger partial charge on any atom is 0.275 e.